The van der Waals surface area contributed by atoms with Crippen LogP contribution in [0.4, 0.5) is 13.2 Å². The highest BCUT2D eigenvalue weighted by Crippen LogP contribution is 2.28. The van der Waals surface area contributed by atoms with Crippen LogP contribution in [0.5, 0.6) is 0 Å². The van der Waals surface area contributed by atoms with Crippen molar-refractivity contribution in [2.75, 3.05) is 0 Å². The van der Waals surface area contributed by atoms with E-state index in [-0.39, 0.29) is 5.65 Å². The van der Waals surface area contributed by atoms with E-state index >= 15 is 0 Å². The van der Waals surface area contributed by atoms with E-state index in [9.17, 15) is 18.0 Å². The van der Waals surface area contributed by atoms with Crippen molar-refractivity contribution < 1.29 is 13.2 Å². The molecular formula is C14H8F3N3O. The molecule has 0 amide bonds. The third-order valence-corrected chi connectivity index (χ3v) is 2.89. The van der Waals surface area contributed by atoms with E-state index in [2.05, 4.69) is 10.1 Å². The van der Waals surface area contributed by atoms with E-state index in [0.29, 0.717) is 21.8 Å². The second-order valence-corrected chi connectivity index (χ2v) is 4.33. The molecule has 21 heavy (non-hydrogen) atoms. The smallest absolute Gasteiger partial charge is 0.267 e. The van der Waals surface area contributed by atoms with Gasteiger partial charge in [-0.2, -0.15) is 23.3 Å². The molecule has 0 spiro atoms. The molecule has 0 saturated carbocycles. The minimum Gasteiger partial charge on any atom is -0.267 e. The van der Waals surface area contributed by atoms with Gasteiger partial charge in [0, 0.05) is 11.6 Å². The average molecular weight is 291 g/mol. The van der Waals surface area contributed by atoms with Crippen LogP contribution in [0.2, 0.25) is 0 Å². The number of benzene rings is 1. The Balaban J connectivity index is 2.30. The van der Waals surface area contributed by atoms with Gasteiger partial charge in [-0.1, -0.05) is 30.3 Å². The van der Waals surface area contributed by atoms with Gasteiger partial charge in [0.25, 0.3) is 5.56 Å². The molecule has 1 aromatic carbocycles. The molecule has 0 fully saturated rings. The van der Waals surface area contributed by atoms with Crippen LogP contribution in [0.3, 0.4) is 0 Å². The van der Waals surface area contributed by atoms with Crippen molar-refractivity contribution in [3.05, 3.63) is 64.6 Å². The predicted octanol–water partition coefficient (Wildman–Crippen LogP) is 2.78. The first-order chi connectivity index (χ1) is 9.95. The molecular weight excluding hydrogens is 283 g/mol. The topological polar surface area (TPSA) is 47.3 Å². The number of rotatable bonds is 1. The van der Waals surface area contributed by atoms with Gasteiger partial charge in [-0.25, -0.2) is 4.52 Å². The van der Waals surface area contributed by atoms with Gasteiger partial charge in [0.1, 0.15) is 0 Å². The first kappa shape index (κ1) is 13.3. The molecule has 0 radical (unpaired) electrons. The normalized spacial score (nSPS) is 11.8. The summed E-state index contributed by atoms with van der Waals surface area (Å²) in [7, 11) is 0. The second kappa shape index (κ2) is 4.69. The largest absolute Gasteiger partial charge is 0.433 e. The van der Waals surface area contributed by atoms with Crippen molar-refractivity contribution in [3.8, 4) is 11.3 Å². The Morgan fingerprint density at radius 3 is 2.38 bits per heavy atom. The zero-order chi connectivity index (χ0) is 15.0. The van der Waals surface area contributed by atoms with Gasteiger partial charge in [0.05, 0.1) is 5.69 Å². The summed E-state index contributed by atoms with van der Waals surface area (Å²) >= 11 is 0. The molecule has 2 aromatic heterocycles. The Kier molecular flexibility index (Phi) is 2.97. The number of aromatic nitrogens is 3. The fourth-order valence-corrected chi connectivity index (χ4v) is 1.97. The lowest BCUT2D eigenvalue weighted by Gasteiger charge is -2.11. The lowest BCUT2D eigenvalue weighted by atomic mass is 10.1. The zero-order valence-corrected chi connectivity index (χ0v) is 10.5. The molecule has 106 valence electrons. The summed E-state index contributed by atoms with van der Waals surface area (Å²) in [6.07, 6.45) is -4.69. The Labute approximate surface area is 116 Å². The zero-order valence-electron chi connectivity index (χ0n) is 10.5. The van der Waals surface area contributed by atoms with E-state index in [1.54, 1.807) is 30.3 Å². The number of hydrogen-bond acceptors (Lipinski definition) is 3. The second-order valence-electron chi connectivity index (χ2n) is 4.33. The fourth-order valence-electron chi connectivity index (χ4n) is 1.97. The maximum absolute atomic E-state index is 13.0. The third-order valence-electron chi connectivity index (χ3n) is 2.89. The first-order valence-corrected chi connectivity index (χ1v) is 5.99. The van der Waals surface area contributed by atoms with E-state index in [1.807, 2.05) is 0 Å². The third kappa shape index (κ3) is 2.49. The lowest BCUT2D eigenvalue weighted by Crippen LogP contribution is -2.20. The van der Waals surface area contributed by atoms with Crippen LogP contribution in [0, 0.1) is 0 Å². The summed E-state index contributed by atoms with van der Waals surface area (Å²) in [6, 6.07) is 12.1. The van der Waals surface area contributed by atoms with Crippen molar-refractivity contribution in [3.63, 3.8) is 0 Å². The van der Waals surface area contributed by atoms with Crippen LogP contribution in [0.1, 0.15) is 5.69 Å². The molecule has 2 heterocycles. The summed E-state index contributed by atoms with van der Waals surface area (Å²) < 4.78 is 39.7. The van der Waals surface area contributed by atoms with Crippen molar-refractivity contribution in [1.82, 2.24) is 14.6 Å². The van der Waals surface area contributed by atoms with E-state index in [1.165, 1.54) is 12.1 Å². The molecule has 0 aliphatic rings. The van der Waals surface area contributed by atoms with Crippen LogP contribution in [0.25, 0.3) is 16.9 Å². The van der Waals surface area contributed by atoms with Gasteiger partial charge in [-0.3, -0.25) is 4.79 Å². The van der Waals surface area contributed by atoms with Gasteiger partial charge in [-0.15, -0.1) is 0 Å². The Bertz CT molecular complexity index is 857. The van der Waals surface area contributed by atoms with Crippen LogP contribution in [-0.4, -0.2) is 14.6 Å². The van der Waals surface area contributed by atoms with Crippen LogP contribution in [0.15, 0.2) is 53.3 Å². The number of nitrogens with zero attached hydrogens (tertiary/aromatic N) is 3. The molecule has 0 atom stereocenters. The summed E-state index contributed by atoms with van der Waals surface area (Å²) in [5.74, 6) is 0. The van der Waals surface area contributed by atoms with Gasteiger partial charge < -0.3 is 0 Å². The molecule has 0 N–H and O–H groups in total. The summed E-state index contributed by atoms with van der Waals surface area (Å²) in [6.45, 7) is 0. The monoisotopic (exact) mass is 291 g/mol. The van der Waals surface area contributed by atoms with E-state index in [4.69, 9.17) is 0 Å². The molecule has 0 unspecified atom stereocenters. The molecule has 7 heteroatoms. The number of hydrogen-bond donors (Lipinski definition) is 0. The maximum atomic E-state index is 13.0. The molecule has 4 nitrogen and oxygen atoms in total. The van der Waals surface area contributed by atoms with Crippen LogP contribution < -0.4 is 5.56 Å². The van der Waals surface area contributed by atoms with Gasteiger partial charge in [0.15, 0.2) is 11.3 Å². The fraction of sp³-hybridized carbons (Fsp3) is 0.0714. The number of alkyl halides is 3. The van der Waals surface area contributed by atoms with Crippen molar-refractivity contribution in [1.29, 1.82) is 0 Å². The average Bonchev–Trinajstić information content (AvgIpc) is 2.46. The molecule has 0 aliphatic carbocycles. The molecule has 3 rings (SSSR count). The van der Waals surface area contributed by atoms with Gasteiger partial charge in [0.2, 0.25) is 0 Å². The van der Waals surface area contributed by atoms with E-state index < -0.39 is 17.4 Å². The minimum absolute atomic E-state index is 0.144. The summed E-state index contributed by atoms with van der Waals surface area (Å²) in [5, 5.41) is 3.95. The van der Waals surface area contributed by atoms with Crippen LogP contribution in [-0.2, 0) is 6.18 Å². The standard InChI is InChI=1S/C14H8F3N3O/c15-14(16,17)11-8-13(21)18-12-7-6-10(19-20(11)12)9-4-2-1-3-5-9/h1-8H. The highest BCUT2D eigenvalue weighted by molar-refractivity contribution is 5.60. The SMILES string of the molecule is O=c1cc(C(F)(F)F)n2nc(-c3ccccc3)ccc2n1. The van der Waals surface area contributed by atoms with Crippen molar-refractivity contribution >= 4 is 5.65 Å². The Hall–Kier alpha value is -2.70. The predicted molar refractivity (Wildman–Crippen MR) is 69.7 cm³/mol. The van der Waals surface area contributed by atoms with E-state index in [0.717, 1.165) is 0 Å². The molecule has 0 saturated heterocycles. The minimum atomic E-state index is -4.69. The highest BCUT2D eigenvalue weighted by Gasteiger charge is 2.34. The highest BCUT2D eigenvalue weighted by atomic mass is 19.4. The number of fused-ring (bicyclic) bond motifs is 1. The van der Waals surface area contributed by atoms with Crippen LogP contribution >= 0.6 is 0 Å². The first-order valence-electron chi connectivity index (χ1n) is 5.99. The molecule has 0 bridgehead atoms. The van der Waals surface area contributed by atoms with Gasteiger partial charge in [-0.05, 0) is 12.1 Å². The summed E-state index contributed by atoms with van der Waals surface area (Å²) in [5.41, 5.74) is -1.20. The molecule has 0 aliphatic heterocycles. The number of halogens is 3. The Morgan fingerprint density at radius 2 is 1.71 bits per heavy atom. The molecule has 3 aromatic rings. The maximum Gasteiger partial charge on any atom is 0.433 e. The van der Waals surface area contributed by atoms with Crippen molar-refractivity contribution in [2.24, 2.45) is 0 Å². The van der Waals surface area contributed by atoms with Gasteiger partial charge >= 0.3 is 6.18 Å². The lowest BCUT2D eigenvalue weighted by molar-refractivity contribution is -0.142. The summed E-state index contributed by atoms with van der Waals surface area (Å²) in [4.78, 5) is 14.8. The van der Waals surface area contributed by atoms with Crippen molar-refractivity contribution in [2.45, 2.75) is 6.18 Å². The Morgan fingerprint density at radius 1 is 1.00 bits per heavy atom. The quantitative estimate of drug-likeness (QED) is 0.692.